The number of hydrogen-bond acceptors (Lipinski definition) is 2. The first-order valence-corrected chi connectivity index (χ1v) is 9.58. The van der Waals surface area contributed by atoms with Gasteiger partial charge in [-0.1, -0.05) is 73.3 Å². The standard InChI is InChI=1S/C22H34N2/c1-7-9-13-21(3,4)18-11-12-19-17(15-18)16-23-20(24-19)22(5,6)14-10-8-2/h11-12,15-16H,7-10,13-14H2,1-6H3. The lowest BCUT2D eigenvalue weighted by Crippen LogP contribution is -2.21. The Labute approximate surface area is 148 Å². The zero-order chi connectivity index (χ0) is 17.8. The van der Waals surface area contributed by atoms with E-state index in [1.54, 1.807) is 0 Å². The monoisotopic (exact) mass is 326 g/mol. The molecule has 1 aromatic carbocycles. The minimum absolute atomic E-state index is 0.0449. The fourth-order valence-corrected chi connectivity index (χ4v) is 3.27. The van der Waals surface area contributed by atoms with Gasteiger partial charge in [0.15, 0.2) is 0 Å². The molecule has 0 unspecified atom stereocenters. The molecule has 0 saturated carbocycles. The van der Waals surface area contributed by atoms with Gasteiger partial charge in [-0.3, -0.25) is 0 Å². The summed E-state index contributed by atoms with van der Waals surface area (Å²) in [5, 5.41) is 1.16. The molecule has 0 bridgehead atoms. The Morgan fingerprint density at radius 2 is 1.50 bits per heavy atom. The van der Waals surface area contributed by atoms with Crippen LogP contribution in [0.4, 0.5) is 0 Å². The Bertz CT molecular complexity index is 611. The smallest absolute Gasteiger partial charge is 0.134 e. The van der Waals surface area contributed by atoms with Gasteiger partial charge >= 0.3 is 0 Å². The summed E-state index contributed by atoms with van der Waals surface area (Å²) in [5.74, 6) is 0.974. The average Bonchev–Trinajstić information content (AvgIpc) is 2.57. The fourth-order valence-electron chi connectivity index (χ4n) is 3.27. The highest BCUT2D eigenvalue weighted by Gasteiger charge is 2.24. The molecule has 24 heavy (non-hydrogen) atoms. The zero-order valence-corrected chi connectivity index (χ0v) is 16.4. The first kappa shape index (κ1) is 18.9. The second-order valence-electron chi connectivity index (χ2n) is 8.44. The second kappa shape index (κ2) is 7.63. The number of nitrogens with zero attached hydrogens (tertiary/aromatic N) is 2. The van der Waals surface area contributed by atoms with Crippen LogP contribution in [-0.2, 0) is 10.8 Å². The third kappa shape index (κ3) is 4.34. The van der Waals surface area contributed by atoms with E-state index in [-0.39, 0.29) is 10.8 Å². The van der Waals surface area contributed by atoms with E-state index in [0.29, 0.717) is 0 Å². The number of fused-ring (bicyclic) bond motifs is 1. The molecule has 0 radical (unpaired) electrons. The average molecular weight is 327 g/mol. The maximum atomic E-state index is 4.87. The number of aromatic nitrogens is 2. The van der Waals surface area contributed by atoms with Crippen molar-refractivity contribution in [3.8, 4) is 0 Å². The summed E-state index contributed by atoms with van der Waals surface area (Å²) in [6.07, 6.45) is 9.33. The summed E-state index contributed by atoms with van der Waals surface area (Å²) in [5.41, 5.74) is 2.72. The molecule has 0 aliphatic heterocycles. The van der Waals surface area contributed by atoms with E-state index < -0.39 is 0 Å². The van der Waals surface area contributed by atoms with Crippen LogP contribution in [0, 0.1) is 0 Å². The fraction of sp³-hybridized carbons (Fsp3) is 0.636. The van der Waals surface area contributed by atoms with E-state index >= 15 is 0 Å². The number of benzene rings is 1. The molecule has 2 rings (SSSR count). The Hall–Kier alpha value is -1.44. The number of rotatable bonds is 8. The lowest BCUT2D eigenvalue weighted by atomic mass is 9.80. The van der Waals surface area contributed by atoms with Crippen LogP contribution in [0.1, 0.15) is 91.5 Å². The number of hydrogen-bond donors (Lipinski definition) is 0. The third-order valence-electron chi connectivity index (χ3n) is 5.28. The van der Waals surface area contributed by atoms with Crippen LogP contribution in [-0.4, -0.2) is 9.97 Å². The lowest BCUT2D eigenvalue weighted by molar-refractivity contribution is 0.433. The topological polar surface area (TPSA) is 25.8 Å². The van der Waals surface area contributed by atoms with Gasteiger partial charge in [0.2, 0.25) is 0 Å². The van der Waals surface area contributed by atoms with Gasteiger partial charge < -0.3 is 0 Å². The quantitative estimate of drug-likeness (QED) is 0.548. The van der Waals surface area contributed by atoms with E-state index in [1.807, 2.05) is 6.20 Å². The van der Waals surface area contributed by atoms with Gasteiger partial charge in [-0.15, -0.1) is 0 Å². The molecule has 0 aliphatic rings. The third-order valence-corrected chi connectivity index (χ3v) is 5.28. The molecule has 0 aliphatic carbocycles. The van der Waals surface area contributed by atoms with Crippen molar-refractivity contribution in [1.82, 2.24) is 9.97 Å². The van der Waals surface area contributed by atoms with Crippen molar-refractivity contribution in [2.75, 3.05) is 0 Å². The minimum atomic E-state index is 0.0449. The maximum absolute atomic E-state index is 4.87. The highest BCUT2D eigenvalue weighted by atomic mass is 14.9. The summed E-state index contributed by atoms with van der Waals surface area (Å²) in [6, 6.07) is 6.72. The van der Waals surface area contributed by atoms with Crippen molar-refractivity contribution in [2.45, 2.75) is 90.9 Å². The minimum Gasteiger partial charge on any atom is -0.240 e. The van der Waals surface area contributed by atoms with Crippen LogP contribution >= 0.6 is 0 Å². The molecule has 2 nitrogen and oxygen atoms in total. The van der Waals surface area contributed by atoms with Crippen molar-refractivity contribution < 1.29 is 0 Å². The maximum Gasteiger partial charge on any atom is 0.134 e. The molecule has 0 amide bonds. The van der Waals surface area contributed by atoms with E-state index in [9.17, 15) is 0 Å². The van der Waals surface area contributed by atoms with Crippen LogP contribution < -0.4 is 0 Å². The van der Waals surface area contributed by atoms with E-state index in [1.165, 1.54) is 37.7 Å². The zero-order valence-electron chi connectivity index (χ0n) is 16.4. The van der Waals surface area contributed by atoms with Crippen LogP contribution in [0.5, 0.6) is 0 Å². The van der Waals surface area contributed by atoms with Gasteiger partial charge in [0.05, 0.1) is 5.52 Å². The Morgan fingerprint density at radius 1 is 0.875 bits per heavy atom. The highest BCUT2D eigenvalue weighted by Crippen LogP contribution is 2.32. The van der Waals surface area contributed by atoms with E-state index in [4.69, 9.17) is 9.97 Å². The van der Waals surface area contributed by atoms with Crippen molar-refractivity contribution in [2.24, 2.45) is 0 Å². The molecule has 2 aromatic rings. The largest absolute Gasteiger partial charge is 0.240 e. The van der Waals surface area contributed by atoms with Gasteiger partial charge in [-0.05, 0) is 36.0 Å². The Morgan fingerprint density at radius 3 is 2.12 bits per heavy atom. The van der Waals surface area contributed by atoms with Crippen molar-refractivity contribution in [3.63, 3.8) is 0 Å². The molecular weight excluding hydrogens is 292 g/mol. The summed E-state index contributed by atoms with van der Waals surface area (Å²) < 4.78 is 0. The van der Waals surface area contributed by atoms with Crippen LogP contribution in [0.15, 0.2) is 24.4 Å². The molecule has 132 valence electrons. The molecule has 0 spiro atoms. The molecule has 1 heterocycles. The van der Waals surface area contributed by atoms with E-state index in [0.717, 1.165) is 23.1 Å². The summed E-state index contributed by atoms with van der Waals surface area (Å²) >= 11 is 0. The predicted octanol–water partition coefficient (Wildman–Crippen LogP) is 6.57. The SMILES string of the molecule is CCCCC(C)(C)c1ccc2nc(C(C)(C)CCCC)ncc2c1. The van der Waals surface area contributed by atoms with Crippen molar-refractivity contribution >= 4 is 10.9 Å². The normalized spacial score (nSPS) is 12.8. The van der Waals surface area contributed by atoms with Gasteiger partial charge in [0.1, 0.15) is 5.82 Å². The Balaban J connectivity index is 2.31. The Kier molecular flexibility index (Phi) is 6.01. The van der Waals surface area contributed by atoms with Gasteiger partial charge in [0.25, 0.3) is 0 Å². The second-order valence-corrected chi connectivity index (χ2v) is 8.44. The molecule has 1 aromatic heterocycles. The molecule has 0 N–H and O–H groups in total. The van der Waals surface area contributed by atoms with Gasteiger partial charge in [-0.2, -0.15) is 0 Å². The van der Waals surface area contributed by atoms with Gasteiger partial charge in [0, 0.05) is 17.0 Å². The molecule has 0 fully saturated rings. The summed E-state index contributed by atoms with van der Waals surface area (Å²) in [7, 11) is 0. The van der Waals surface area contributed by atoms with Crippen LogP contribution in [0.2, 0.25) is 0 Å². The van der Waals surface area contributed by atoms with Crippen molar-refractivity contribution in [1.29, 1.82) is 0 Å². The molecular formula is C22H34N2. The first-order valence-electron chi connectivity index (χ1n) is 9.58. The number of unbranched alkanes of at least 4 members (excludes halogenated alkanes) is 2. The van der Waals surface area contributed by atoms with Gasteiger partial charge in [-0.25, -0.2) is 9.97 Å². The van der Waals surface area contributed by atoms with E-state index in [2.05, 4.69) is 59.7 Å². The predicted molar refractivity (Wildman–Crippen MR) is 105 cm³/mol. The molecule has 0 saturated heterocycles. The lowest BCUT2D eigenvalue weighted by Gasteiger charge is -2.26. The summed E-state index contributed by atoms with van der Waals surface area (Å²) in [4.78, 5) is 9.58. The first-order chi connectivity index (χ1) is 11.3. The highest BCUT2D eigenvalue weighted by molar-refractivity contribution is 5.78. The van der Waals surface area contributed by atoms with Crippen LogP contribution in [0.25, 0.3) is 10.9 Å². The summed E-state index contributed by atoms with van der Waals surface area (Å²) in [6.45, 7) is 13.7. The van der Waals surface area contributed by atoms with Crippen LogP contribution in [0.3, 0.4) is 0 Å². The van der Waals surface area contributed by atoms with Crippen molar-refractivity contribution in [3.05, 3.63) is 35.8 Å². The molecule has 2 heteroatoms. The molecule has 0 atom stereocenters.